The second-order valence-electron chi connectivity index (χ2n) is 11.2. The molecular formula is C26H34O6. The van der Waals surface area contributed by atoms with E-state index in [9.17, 15) is 0 Å². The van der Waals surface area contributed by atoms with Crippen molar-refractivity contribution >= 4 is 0 Å². The molecule has 3 saturated heterocycles. The number of epoxide rings is 3. The molecule has 3 unspecified atom stereocenters. The molecule has 32 heavy (non-hydrogen) atoms. The molecule has 3 heterocycles. The Morgan fingerprint density at radius 3 is 1.72 bits per heavy atom. The van der Waals surface area contributed by atoms with Gasteiger partial charge in [0.2, 0.25) is 0 Å². The average molecular weight is 443 g/mol. The van der Waals surface area contributed by atoms with Crippen LogP contribution in [-0.4, -0.2) is 58.0 Å². The molecule has 3 atom stereocenters. The Hall–Kier alpha value is -1.50. The molecule has 4 aliphatic carbocycles. The van der Waals surface area contributed by atoms with Crippen LogP contribution in [0.15, 0.2) is 6.07 Å². The zero-order chi connectivity index (χ0) is 21.3. The Kier molecular flexibility index (Phi) is 4.67. The Labute approximate surface area is 189 Å². The Balaban J connectivity index is 1.30. The van der Waals surface area contributed by atoms with Crippen molar-refractivity contribution in [2.24, 2.45) is 17.8 Å². The molecule has 3 aliphatic heterocycles. The average Bonchev–Trinajstić information content (AvgIpc) is 3.60. The zero-order valence-corrected chi connectivity index (χ0v) is 19.0. The molecule has 8 rings (SSSR count). The molecule has 0 N–H and O–H groups in total. The Morgan fingerprint density at radius 2 is 1.22 bits per heavy atom. The van der Waals surface area contributed by atoms with Gasteiger partial charge in [0.1, 0.15) is 43.9 Å². The molecule has 0 radical (unpaired) electrons. The third-order valence-corrected chi connectivity index (χ3v) is 8.51. The highest BCUT2D eigenvalue weighted by atomic mass is 16.6. The van der Waals surface area contributed by atoms with Crippen molar-refractivity contribution in [1.82, 2.24) is 0 Å². The molecule has 6 heteroatoms. The van der Waals surface area contributed by atoms with E-state index >= 15 is 0 Å². The van der Waals surface area contributed by atoms with E-state index in [0.717, 1.165) is 60.4 Å². The van der Waals surface area contributed by atoms with Crippen LogP contribution in [0.25, 0.3) is 0 Å². The number of ether oxygens (including phenoxy) is 6. The Morgan fingerprint density at radius 1 is 0.750 bits per heavy atom. The van der Waals surface area contributed by atoms with Crippen LogP contribution in [0, 0.1) is 24.7 Å². The van der Waals surface area contributed by atoms with Crippen LogP contribution >= 0.6 is 0 Å². The summed E-state index contributed by atoms with van der Waals surface area (Å²) < 4.78 is 35.6. The van der Waals surface area contributed by atoms with Gasteiger partial charge in [0.15, 0.2) is 11.5 Å². The fraction of sp³-hybridized carbons (Fsp3) is 0.769. The topological polar surface area (TPSA) is 65.3 Å². The number of hydrogen-bond donors (Lipinski definition) is 0. The van der Waals surface area contributed by atoms with Crippen molar-refractivity contribution < 1.29 is 28.4 Å². The fourth-order valence-corrected chi connectivity index (χ4v) is 7.04. The van der Waals surface area contributed by atoms with Gasteiger partial charge in [-0.15, -0.1) is 0 Å². The van der Waals surface area contributed by atoms with Crippen LogP contribution in [0.4, 0.5) is 0 Å². The summed E-state index contributed by atoms with van der Waals surface area (Å²) in [7, 11) is 0. The number of benzene rings is 1. The van der Waals surface area contributed by atoms with Gasteiger partial charge in [-0.1, -0.05) is 0 Å². The summed E-state index contributed by atoms with van der Waals surface area (Å²) in [5.41, 5.74) is 2.53. The smallest absolute Gasteiger partial charge is 0.168 e. The van der Waals surface area contributed by atoms with E-state index in [0.29, 0.717) is 19.8 Å². The molecule has 7 fully saturated rings. The van der Waals surface area contributed by atoms with Gasteiger partial charge in [0.25, 0.3) is 0 Å². The molecule has 0 aromatic heterocycles. The monoisotopic (exact) mass is 442 g/mol. The highest BCUT2D eigenvalue weighted by Gasteiger charge is 2.53. The van der Waals surface area contributed by atoms with E-state index in [4.69, 9.17) is 28.4 Å². The molecule has 174 valence electrons. The second-order valence-corrected chi connectivity index (χ2v) is 11.2. The quantitative estimate of drug-likeness (QED) is 0.514. The highest BCUT2D eigenvalue weighted by Crippen LogP contribution is 2.63. The van der Waals surface area contributed by atoms with Gasteiger partial charge in [-0.3, -0.25) is 0 Å². The van der Waals surface area contributed by atoms with Crippen molar-refractivity contribution in [2.75, 3.05) is 39.6 Å². The highest BCUT2D eigenvalue weighted by molar-refractivity contribution is 5.60. The summed E-state index contributed by atoms with van der Waals surface area (Å²) in [6.07, 6.45) is 8.71. The minimum absolute atomic E-state index is 0.185. The van der Waals surface area contributed by atoms with E-state index in [1.165, 1.54) is 44.1 Å². The van der Waals surface area contributed by atoms with E-state index in [-0.39, 0.29) is 23.7 Å². The maximum Gasteiger partial charge on any atom is 0.168 e. The first-order valence-electron chi connectivity index (χ1n) is 12.6. The largest absolute Gasteiger partial charge is 0.490 e. The van der Waals surface area contributed by atoms with E-state index in [1.807, 2.05) is 0 Å². The predicted molar refractivity (Wildman–Crippen MR) is 117 cm³/mol. The third kappa shape index (κ3) is 3.78. The van der Waals surface area contributed by atoms with E-state index < -0.39 is 0 Å². The lowest BCUT2D eigenvalue weighted by Gasteiger charge is -2.57. The van der Waals surface area contributed by atoms with Crippen molar-refractivity contribution in [3.63, 3.8) is 0 Å². The summed E-state index contributed by atoms with van der Waals surface area (Å²) in [5.74, 6) is 5.28. The van der Waals surface area contributed by atoms with Gasteiger partial charge >= 0.3 is 0 Å². The van der Waals surface area contributed by atoms with Crippen molar-refractivity contribution in [3.05, 3.63) is 17.2 Å². The van der Waals surface area contributed by atoms with Crippen molar-refractivity contribution in [2.45, 2.75) is 69.2 Å². The lowest BCUT2D eigenvalue weighted by atomic mass is 9.48. The number of rotatable bonds is 10. The summed E-state index contributed by atoms with van der Waals surface area (Å²) in [5, 5.41) is 0. The molecule has 4 bridgehead atoms. The van der Waals surface area contributed by atoms with Crippen molar-refractivity contribution in [1.29, 1.82) is 0 Å². The van der Waals surface area contributed by atoms with Crippen LogP contribution in [0.2, 0.25) is 0 Å². The lowest BCUT2D eigenvalue weighted by molar-refractivity contribution is -0.00677. The zero-order valence-electron chi connectivity index (χ0n) is 19.0. The molecule has 1 aromatic rings. The van der Waals surface area contributed by atoms with Gasteiger partial charge < -0.3 is 28.4 Å². The molecule has 7 aliphatic rings. The summed E-state index contributed by atoms with van der Waals surface area (Å²) in [6.45, 7) is 6.21. The van der Waals surface area contributed by atoms with Gasteiger partial charge in [-0.2, -0.15) is 0 Å². The molecule has 0 spiro atoms. The van der Waals surface area contributed by atoms with Crippen LogP contribution in [-0.2, 0) is 19.6 Å². The summed E-state index contributed by atoms with van der Waals surface area (Å²) >= 11 is 0. The van der Waals surface area contributed by atoms with Crippen LogP contribution in [0.5, 0.6) is 17.2 Å². The molecule has 6 nitrogen and oxygen atoms in total. The minimum atomic E-state index is 0.185. The first-order chi connectivity index (χ1) is 15.6. The van der Waals surface area contributed by atoms with Crippen LogP contribution in [0.1, 0.15) is 49.7 Å². The van der Waals surface area contributed by atoms with Crippen LogP contribution in [0.3, 0.4) is 0 Å². The van der Waals surface area contributed by atoms with Gasteiger partial charge in [-0.05, 0) is 69.3 Å². The molecule has 1 aromatic carbocycles. The maximum absolute atomic E-state index is 6.54. The normalized spacial score (nSPS) is 40.3. The summed E-state index contributed by atoms with van der Waals surface area (Å²) in [4.78, 5) is 0. The molecular weight excluding hydrogens is 408 g/mol. The van der Waals surface area contributed by atoms with Crippen molar-refractivity contribution in [3.8, 4) is 17.2 Å². The number of hydrogen-bond acceptors (Lipinski definition) is 6. The van der Waals surface area contributed by atoms with Gasteiger partial charge in [-0.25, -0.2) is 0 Å². The summed E-state index contributed by atoms with van der Waals surface area (Å²) in [6, 6.07) is 2.30. The molecule has 0 amide bonds. The SMILES string of the molecule is Cc1c(OCC2CO2)cc(C23CC4CC(CC(C4)C2)C3)c(OCC2CO2)c1OCC1CO1. The lowest BCUT2D eigenvalue weighted by Crippen LogP contribution is -2.48. The third-order valence-electron chi connectivity index (χ3n) is 8.51. The first-order valence-corrected chi connectivity index (χ1v) is 12.6. The second kappa shape index (κ2) is 7.51. The van der Waals surface area contributed by atoms with Crippen LogP contribution < -0.4 is 14.2 Å². The van der Waals surface area contributed by atoms with E-state index in [1.54, 1.807) is 0 Å². The minimum Gasteiger partial charge on any atom is -0.490 e. The predicted octanol–water partition coefficient (Wildman–Crippen LogP) is 3.80. The van der Waals surface area contributed by atoms with Gasteiger partial charge in [0, 0.05) is 16.5 Å². The Bertz CT molecular complexity index is 850. The van der Waals surface area contributed by atoms with E-state index in [2.05, 4.69) is 13.0 Å². The van der Waals surface area contributed by atoms with Gasteiger partial charge in [0.05, 0.1) is 19.8 Å². The first kappa shape index (κ1) is 19.9. The molecule has 4 saturated carbocycles. The standard InChI is InChI=1S/C26H34O6/c1-15-23(30-12-19-9-27-19)5-22(26-6-16-2-17(7-26)4-18(3-16)8-26)25(32-14-21-11-29-21)24(15)31-13-20-10-28-20/h5,16-21H,2-4,6-14H2,1H3. The maximum atomic E-state index is 6.54. The fourth-order valence-electron chi connectivity index (χ4n) is 7.04.